The molecule has 0 bridgehead atoms. The second-order valence-corrected chi connectivity index (χ2v) is 4.09. The Balaban J connectivity index is 2.81. The van der Waals surface area contributed by atoms with Gasteiger partial charge in [-0.1, -0.05) is 6.07 Å². The van der Waals surface area contributed by atoms with Crippen molar-refractivity contribution in [1.29, 1.82) is 0 Å². The van der Waals surface area contributed by atoms with Gasteiger partial charge in [-0.05, 0) is 11.6 Å². The summed E-state index contributed by atoms with van der Waals surface area (Å²) in [6, 6.07) is 2.83. The first kappa shape index (κ1) is 16.0. The molecule has 0 aliphatic carbocycles. The summed E-state index contributed by atoms with van der Waals surface area (Å²) in [6.07, 6.45) is -3.32. The topological polar surface area (TPSA) is 72.8 Å². The molecule has 7 heteroatoms. The minimum Gasteiger partial charge on any atom is -0.422 e. The molecule has 1 unspecified atom stereocenters. The second-order valence-electron chi connectivity index (χ2n) is 4.09. The molecule has 0 aromatic heterocycles. The SMILES string of the molecule is CC(=O)OC(OC(C)=O)C(O)Cc1ccc(F)cc1F. The van der Waals surface area contributed by atoms with Crippen LogP contribution in [-0.4, -0.2) is 29.4 Å². The molecule has 1 N–H and O–H groups in total. The third-order valence-electron chi connectivity index (χ3n) is 2.32. The fourth-order valence-electron chi connectivity index (χ4n) is 1.52. The first-order chi connectivity index (χ1) is 9.29. The molecule has 5 nitrogen and oxygen atoms in total. The number of aliphatic hydroxyl groups excluding tert-OH is 1. The van der Waals surface area contributed by atoms with Gasteiger partial charge in [-0.15, -0.1) is 0 Å². The second kappa shape index (κ2) is 6.95. The largest absolute Gasteiger partial charge is 0.422 e. The Hall–Kier alpha value is -2.02. The summed E-state index contributed by atoms with van der Waals surface area (Å²) in [7, 11) is 0. The van der Waals surface area contributed by atoms with Crippen LogP contribution in [0, 0.1) is 11.6 Å². The Bertz CT molecular complexity index is 488. The zero-order valence-corrected chi connectivity index (χ0v) is 10.9. The number of carbonyl (C=O) groups is 2. The lowest BCUT2D eigenvalue weighted by molar-refractivity contribution is -0.203. The fraction of sp³-hybridized carbons (Fsp3) is 0.385. The maximum absolute atomic E-state index is 13.4. The van der Waals surface area contributed by atoms with E-state index in [4.69, 9.17) is 0 Å². The first-order valence-corrected chi connectivity index (χ1v) is 5.76. The Morgan fingerprint density at radius 3 is 2.20 bits per heavy atom. The van der Waals surface area contributed by atoms with Crippen molar-refractivity contribution in [2.75, 3.05) is 0 Å². The summed E-state index contributed by atoms with van der Waals surface area (Å²) in [5.74, 6) is -3.14. The van der Waals surface area contributed by atoms with Crippen molar-refractivity contribution < 1.29 is 33.0 Å². The minimum absolute atomic E-state index is 0.00297. The van der Waals surface area contributed by atoms with Crippen LogP contribution in [0.25, 0.3) is 0 Å². The fourth-order valence-corrected chi connectivity index (χ4v) is 1.52. The highest BCUT2D eigenvalue weighted by molar-refractivity contribution is 5.68. The molecule has 1 rings (SSSR count). The van der Waals surface area contributed by atoms with E-state index >= 15 is 0 Å². The number of benzene rings is 1. The quantitative estimate of drug-likeness (QED) is 0.653. The molecule has 0 aliphatic heterocycles. The molecule has 0 saturated carbocycles. The van der Waals surface area contributed by atoms with Crippen molar-refractivity contribution in [2.24, 2.45) is 0 Å². The van der Waals surface area contributed by atoms with Gasteiger partial charge in [-0.2, -0.15) is 0 Å². The molecule has 0 spiro atoms. The van der Waals surface area contributed by atoms with E-state index in [1.807, 2.05) is 0 Å². The molecular formula is C13H14F2O5. The monoisotopic (exact) mass is 288 g/mol. The van der Waals surface area contributed by atoms with Crippen LogP contribution in [0.4, 0.5) is 8.78 Å². The van der Waals surface area contributed by atoms with Gasteiger partial charge in [0.2, 0.25) is 0 Å². The van der Waals surface area contributed by atoms with Gasteiger partial charge in [-0.25, -0.2) is 8.78 Å². The van der Waals surface area contributed by atoms with Crippen LogP contribution in [0.2, 0.25) is 0 Å². The number of carbonyl (C=O) groups excluding carboxylic acids is 2. The average Bonchev–Trinajstić information content (AvgIpc) is 2.30. The maximum atomic E-state index is 13.4. The van der Waals surface area contributed by atoms with E-state index in [1.54, 1.807) is 0 Å². The standard InChI is InChI=1S/C13H14F2O5/c1-7(16)19-13(20-8(2)17)12(18)5-9-3-4-10(14)6-11(9)15/h3-4,6,12-13,18H,5H2,1-2H3. The van der Waals surface area contributed by atoms with Gasteiger partial charge in [0.15, 0.2) is 0 Å². The number of rotatable bonds is 5. The van der Waals surface area contributed by atoms with Gasteiger partial charge >= 0.3 is 11.9 Å². The summed E-state index contributed by atoms with van der Waals surface area (Å²) in [6.45, 7) is 2.14. The highest BCUT2D eigenvalue weighted by Gasteiger charge is 2.26. The van der Waals surface area contributed by atoms with Gasteiger partial charge in [-0.3, -0.25) is 9.59 Å². The van der Waals surface area contributed by atoms with Crippen molar-refractivity contribution in [3.05, 3.63) is 35.4 Å². The Kier molecular flexibility index (Phi) is 5.57. The minimum atomic E-state index is -1.55. The number of hydrogen-bond donors (Lipinski definition) is 1. The average molecular weight is 288 g/mol. The van der Waals surface area contributed by atoms with E-state index in [0.29, 0.717) is 6.07 Å². The van der Waals surface area contributed by atoms with Gasteiger partial charge < -0.3 is 14.6 Å². The lowest BCUT2D eigenvalue weighted by Gasteiger charge is -2.22. The van der Waals surface area contributed by atoms with Gasteiger partial charge in [0, 0.05) is 26.3 Å². The van der Waals surface area contributed by atoms with Crippen LogP contribution in [0.1, 0.15) is 19.4 Å². The maximum Gasteiger partial charge on any atom is 0.305 e. The summed E-state index contributed by atoms with van der Waals surface area (Å²) in [5, 5.41) is 9.84. The van der Waals surface area contributed by atoms with E-state index in [2.05, 4.69) is 9.47 Å². The van der Waals surface area contributed by atoms with Crippen molar-refractivity contribution in [3.8, 4) is 0 Å². The van der Waals surface area contributed by atoms with Crippen LogP contribution >= 0.6 is 0 Å². The van der Waals surface area contributed by atoms with E-state index in [0.717, 1.165) is 26.0 Å². The molecule has 0 radical (unpaired) electrons. The molecule has 20 heavy (non-hydrogen) atoms. The van der Waals surface area contributed by atoms with Crippen molar-refractivity contribution in [2.45, 2.75) is 32.7 Å². The molecule has 0 amide bonds. The van der Waals surface area contributed by atoms with Gasteiger partial charge in [0.25, 0.3) is 6.29 Å². The molecule has 1 aromatic rings. The lowest BCUT2D eigenvalue weighted by atomic mass is 10.1. The third kappa shape index (κ3) is 4.93. The smallest absolute Gasteiger partial charge is 0.305 e. The highest BCUT2D eigenvalue weighted by atomic mass is 19.1. The highest BCUT2D eigenvalue weighted by Crippen LogP contribution is 2.15. The van der Waals surface area contributed by atoms with Crippen molar-refractivity contribution >= 4 is 11.9 Å². The van der Waals surface area contributed by atoms with Crippen LogP contribution in [0.5, 0.6) is 0 Å². The van der Waals surface area contributed by atoms with Gasteiger partial charge in [0.05, 0.1) is 0 Å². The molecule has 0 saturated heterocycles. The molecule has 1 atom stereocenters. The van der Waals surface area contributed by atoms with Crippen molar-refractivity contribution in [1.82, 2.24) is 0 Å². The zero-order chi connectivity index (χ0) is 15.3. The molecule has 110 valence electrons. The number of hydrogen-bond acceptors (Lipinski definition) is 5. The van der Waals surface area contributed by atoms with Crippen LogP contribution in [0.15, 0.2) is 18.2 Å². The predicted octanol–water partition coefficient (Wildman–Crippen LogP) is 1.32. The Morgan fingerprint density at radius 1 is 1.20 bits per heavy atom. The summed E-state index contributed by atoms with van der Waals surface area (Å²) in [4.78, 5) is 21.7. The molecule has 0 fully saturated rings. The number of esters is 2. The Morgan fingerprint density at radius 2 is 1.75 bits per heavy atom. The Labute approximate surface area is 114 Å². The van der Waals surface area contributed by atoms with Crippen molar-refractivity contribution in [3.63, 3.8) is 0 Å². The molecule has 0 aliphatic rings. The zero-order valence-electron chi connectivity index (χ0n) is 10.9. The van der Waals surface area contributed by atoms with E-state index in [-0.39, 0.29) is 12.0 Å². The van der Waals surface area contributed by atoms with Crippen LogP contribution in [-0.2, 0) is 25.5 Å². The van der Waals surface area contributed by atoms with E-state index in [1.165, 1.54) is 0 Å². The lowest BCUT2D eigenvalue weighted by Crippen LogP contribution is -2.36. The number of aliphatic hydroxyl groups is 1. The first-order valence-electron chi connectivity index (χ1n) is 5.76. The van der Waals surface area contributed by atoms with Gasteiger partial charge in [0.1, 0.15) is 17.7 Å². The number of ether oxygens (including phenoxy) is 2. The molecule has 0 heterocycles. The van der Waals surface area contributed by atoms with Crippen LogP contribution in [0.3, 0.4) is 0 Å². The third-order valence-corrected chi connectivity index (χ3v) is 2.32. The van der Waals surface area contributed by atoms with Crippen LogP contribution < -0.4 is 0 Å². The molecular weight excluding hydrogens is 274 g/mol. The predicted molar refractivity (Wildman–Crippen MR) is 63.4 cm³/mol. The normalized spacial score (nSPS) is 12.1. The summed E-state index contributed by atoms with van der Waals surface area (Å²) >= 11 is 0. The summed E-state index contributed by atoms with van der Waals surface area (Å²) in [5.41, 5.74) is 0.00297. The molecule has 1 aromatic carbocycles. The summed E-state index contributed by atoms with van der Waals surface area (Å²) < 4.78 is 35.4. The van der Waals surface area contributed by atoms with E-state index < -0.39 is 36.0 Å². The van der Waals surface area contributed by atoms with E-state index in [9.17, 15) is 23.5 Å². The number of halogens is 2.